The number of anilines is 1. The van der Waals surface area contributed by atoms with Crippen LogP contribution in [0, 0.1) is 0 Å². The number of thioether (sulfide) groups is 1. The van der Waals surface area contributed by atoms with Crippen molar-refractivity contribution >= 4 is 51.9 Å². The van der Waals surface area contributed by atoms with E-state index in [4.69, 9.17) is 22.1 Å². The number of aryl methyl sites for hydroxylation is 1. The maximum absolute atomic E-state index is 12.8. The summed E-state index contributed by atoms with van der Waals surface area (Å²) in [4.78, 5) is 25.5. The molecule has 0 unspecified atom stereocenters. The van der Waals surface area contributed by atoms with Crippen LogP contribution in [0.5, 0.6) is 5.75 Å². The summed E-state index contributed by atoms with van der Waals surface area (Å²) in [5.74, 6) is -0.793. The van der Waals surface area contributed by atoms with E-state index in [-0.39, 0.29) is 5.91 Å². The van der Waals surface area contributed by atoms with E-state index in [1.807, 2.05) is 30.3 Å². The molecular weight excluding hydrogens is 382 g/mol. The molecule has 138 valence electrons. The van der Waals surface area contributed by atoms with Crippen molar-refractivity contribution in [1.82, 2.24) is 0 Å². The Balaban J connectivity index is 1.81. The van der Waals surface area contributed by atoms with E-state index < -0.39 is 12.6 Å². The molecule has 7 heteroatoms. The summed E-state index contributed by atoms with van der Waals surface area (Å²) in [6.07, 6.45) is 2.66. The Morgan fingerprint density at radius 1 is 1.26 bits per heavy atom. The SMILES string of the molecule is CCc1ccc(N2C(=O)/C(=C\c3cccc(OCC(=O)O)c3)SC2=S)cc1. The van der Waals surface area contributed by atoms with Crippen molar-refractivity contribution < 1.29 is 19.4 Å². The fraction of sp³-hybridized carbons (Fsp3) is 0.150. The highest BCUT2D eigenvalue weighted by atomic mass is 32.2. The second-order valence-electron chi connectivity index (χ2n) is 5.79. The standard InChI is InChI=1S/C20H17NO4S2/c1-2-13-6-8-15(9-7-13)21-19(24)17(27-20(21)26)11-14-4-3-5-16(10-14)25-12-18(22)23/h3-11H,2,12H2,1H3,(H,22,23)/b17-11+. The Morgan fingerprint density at radius 2 is 2.00 bits per heavy atom. The minimum atomic E-state index is -1.05. The zero-order valence-electron chi connectivity index (χ0n) is 14.5. The van der Waals surface area contributed by atoms with Gasteiger partial charge in [-0.1, -0.05) is 55.2 Å². The van der Waals surface area contributed by atoms with Crippen molar-refractivity contribution in [3.05, 3.63) is 64.6 Å². The van der Waals surface area contributed by atoms with E-state index in [9.17, 15) is 9.59 Å². The summed E-state index contributed by atoms with van der Waals surface area (Å²) < 4.78 is 5.66. The topological polar surface area (TPSA) is 66.8 Å². The number of nitrogens with zero attached hydrogens (tertiary/aromatic N) is 1. The molecule has 0 atom stereocenters. The van der Waals surface area contributed by atoms with Crippen molar-refractivity contribution in [1.29, 1.82) is 0 Å². The van der Waals surface area contributed by atoms with Crippen LogP contribution >= 0.6 is 24.0 Å². The van der Waals surface area contributed by atoms with Gasteiger partial charge in [-0.05, 0) is 47.9 Å². The van der Waals surface area contributed by atoms with Crippen LogP contribution in [0.3, 0.4) is 0 Å². The molecule has 1 fully saturated rings. The number of thiocarbonyl (C=S) groups is 1. The maximum Gasteiger partial charge on any atom is 0.341 e. The molecule has 0 radical (unpaired) electrons. The Labute approximate surface area is 166 Å². The first-order valence-electron chi connectivity index (χ1n) is 8.29. The van der Waals surface area contributed by atoms with E-state index in [1.54, 1.807) is 24.3 Å². The summed E-state index contributed by atoms with van der Waals surface area (Å²) in [6, 6.07) is 14.7. The molecule has 0 spiro atoms. The molecule has 0 bridgehead atoms. The van der Waals surface area contributed by atoms with Crippen LogP contribution in [0.1, 0.15) is 18.1 Å². The van der Waals surface area contributed by atoms with Gasteiger partial charge in [0.15, 0.2) is 10.9 Å². The van der Waals surface area contributed by atoms with Gasteiger partial charge in [0.05, 0.1) is 10.6 Å². The molecule has 5 nitrogen and oxygen atoms in total. The molecule has 27 heavy (non-hydrogen) atoms. The molecule has 1 saturated heterocycles. The zero-order valence-corrected chi connectivity index (χ0v) is 16.2. The van der Waals surface area contributed by atoms with Gasteiger partial charge in [-0.15, -0.1) is 0 Å². The van der Waals surface area contributed by atoms with E-state index in [0.717, 1.165) is 17.7 Å². The molecule has 0 saturated carbocycles. The molecule has 2 aromatic carbocycles. The molecule has 1 N–H and O–H groups in total. The summed E-state index contributed by atoms with van der Waals surface area (Å²) >= 11 is 6.63. The summed E-state index contributed by atoms with van der Waals surface area (Å²) in [6.45, 7) is 1.66. The highest BCUT2D eigenvalue weighted by Crippen LogP contribution is 2.36. The molecule has 1 aliphatic rings. The number of amides is 1. The quantitative estimate of drug-likeness (QED) is 0.582. The van der Waals surface area contributed by atoms with Gasteiger partial charge >= 0.3 is 5.97 Å². The second-order valence-corrected chi connectivity index (χ2v) is 7.47. The third kappa shape index (κ3) is 4.56. The van der Waals surface area contributed by atoms with Gasteiger partial charge in [-0.2, -0.15) is 0 Å². The van der Waals surface area contributed by atoms with Crippen molar-refractivity contribution in [2.45, 2.75) is 13.3 Å². The lowest BCUT2D eigenvalue weighted by atomic mass is 10.1. The van der Waals surface area contributed by atoms with E-state index in [1.165, 1.54) is 22.2 Å². The first kappa shape index (κ1) is 19.1. The van der Waals surface area contributed by atoms with Crippen molar-refractivity contribution in [2.24, 2.45) is 0 Å². The number of hydrogen-bond acceptors (Lipinski definition) is 5. The van der Waals surface area contributed by atoms with Gasteiger partial charge in [0.2, 0.25) is 0 Å². The first-order chi connectivity index (χ1) is 13.0. The van der Waals surface area contributed by atoms with Crippen LogP contribution in [0.4, 0.5) is 5.69 Å². The number of carbonyl (C=O) groups excluding carboxylic acids is 1. The number of aliphatic carboxylic acids is 1. The van der Waals surface area contributed by atoms with Gasteiger partial charge in [0, 0.05) is 0 Å². The fourth-order valence-corrected chi connectivity index (χ4v) is 3.86. The molecule has 1 amide bonds. The molecule has 3 rings (SSSR count). The van der Waals surface area contributed by atoms with E-state index in [2.05, 4.69) is 6.92 Å². The Hall–Kier alpha value is -2.64. The van der Waals surface area contributed by atoms with Gasteiger partial charge in [-0.25, -0.2) is 4.79 Å². The third-order valence-electron chi connectivity index (χ3n) is 3.91. The number of rotatable bonds is 6. The lowest BCUT2D eigenvalue weighted by Crippen LogP contribution is -2.27. The average molecular weight is 399 g/mol. The van der Waals surface area contributed by atoms with Crippen LogP contribution < -0.4 is 9.64 Å². The zero-order chi connectivity index (χ0) is 19.4. The molecule has 0 aromatic heterocycles. The average Bonchev–Trinajstić information content (AvgIpc) is 2.94. The third-order valence-corrected chi connectivity index (χ3v) is 5.22. The van der Waals surface area contributed by atoms with Crippen molar-refractivity contribution in [3.63, 3.8) is 0 Å². The van der Waals surface area contributed by atoms with Crippen LogP contribution in [0.15, 0.2) is 53.4 Å². The summed E-state index contributed by atoms with van der Waals surface area (Å²) in [5.41, 5.74) is 2.68. The Bertz CT molecular complexity index is 922. The smallest absolute Gasteiger partial charge is 0.341 e. The van der Waals surface area contributed by atoms with Crippen LogP contribution in [-0.4, -0.2) is 27.9 Å². The molecule has 0 aliphatic carbocycles. The number of carboxylic acids is 1. The maximum atomic E-state index is 12.8. The predicted molar refractivity (Wildman–Crippen MR) is 111 cm³/mol. The second kappa shape index (κ2) is 8.37. The Kier molecular flexibility index (Phi) is 5.93. The Morgan fingerprint density at radius 3 is 2.67 bits per heavy atom. The number of ether oxygens (including phenoxy) is 1. The largest absolute Gasteiger partial charge is 0.482 e. The van der Waals surface area contributed by atoms with Crippen LogP contribution in [0.25, 0.3) is 6.08 Å². The van der Waals surface area contributed by atoms with Crippen molar-refractivity contribution in [2.75, 3.05) is 11.5 Å². The molecular formula is C20H17NO4S2. The minimum absolute atomic E-state index is 0.175. The van der Waals surface area contributed by atoms with Gasteiger partial charge in [-0.3, -0.25) is 9.69 Å². The number of hydrogen-bond donors (Lipinski definition) is 1. The predicted octanol–water partition coefficient (Wildman–Crippen LogP) is 4.12. The van der Waals surface area contributed by atoms with E-state index in [0.29, 0.717) is 15.0 Å². The van der Waals surface area contributed by atoms with Crippen LogP contribution in [0.2, 0.25) is 0 Å². The highest BCUT2D eigenvalue weighted by Gasteiger charge is 2.33. The van der Waals surface area contributed by atoms with Gasteiger partial charge < -0.3 is 9.84 Å². The van der Waals surface area contributed by atoms with Crippen molar-refractivity contribution in [3.8, 4) is 5.75 Å². The number of carboxylic acid groups (broad SMARTS) is 1. The monoisotopic (exact) mass is 399 g/mol. The fourth-order valence-electron chi connectivity index (χ4n) is 2.56. The van der Waals surface area contributed by atoms with Crippen LogP contribution in [-0.2, 0) is 16.0 Å². The van der Waals surface area contributed by atoms with Gasteiger partial charge in [0.25, 0.3) is 5.91 Å². The lowest BCUT2D eigenvalue weighted by molar-refractivity contribution is -0.139. The lowest BCUT2D eigenvalue weighted by Gasteiger charge is -2.14. The molecule has 2 aromatic rings. The normalized spacial score (nSPS) is 15.4. The number of carbonyl (C=O) groups is 2. The van der Waals surface area contributed by atoms with Gasteiger partial charge in [0.1, 0.15) is 5.75 Å². The molecule has 1 heterocycles. The molecule has 1 aliphatic heterocycles. The van der Waals surface area contributed by atoms with E-state index >= 15 is 0 Å². The number of benzene rings is 2. The minimum Gasteiger partial charge on any atom is -0.482 e. The first-order valence-corrected chi connectivity index (χ1v) is 9.52. The summed E-state index contributed by atoms with van der Waals surface area (Å²) in [5, 5.41) is 8.70. The highest BCUT2D eigenvalue weighted by molar-refractivity contribution is 8.27. The summed E-state index contributed by atoms with van der Waals surface area (Å²) in [7, 11) is 0.